The summed E-state index contributed by atoms with van der Waals surface area (Å²) in [6.07, 6.45) is 1.74. The second kappa shape index (κ2) is 3.69. The summed E-state index contributed by atoms with van der Waals surface area (Å²) in [7, 11) is 0. The molecule has 14 heavy (non-hydrogen) atoms. The number of aryl methyl sites for hydroxylation is 1. The minimum absolute atomic E-state index is 0.612. The van der Waals surface area contributed by atoms with E-state index in [1.54, 1.807) is 17.8 Å². The summed E-state index contributed by atoms with van der Waals surface area (Å²) in [5.41, 5.74) is 5.12. The van der Waals surface area contributed by atoms with Gasteiger partial charge in [0.1, 0.15) is 5.82 Å². The molecule has 2 rings (SSSR count). The number of rotatable bonds is 2. The van der Waals surface area contributed by atoms with E-state index in [0.717, 1.165) is 10.6 Å². The Bertz CT molecular complexity index is 425. The summed E-state index contributed by atoms with van der Waals surface area (Å²) in [6, 6.07) is 1.78. The van der Waals surface area contributed by atoms with Gasteiger partial charge in [0, 0.05) is 18.0 Å². The van der Waals surface area contributed by atoms with E-state index in [2.05, 4.69) is 20.4 Å². The van der Waals surface area contributed by atoms with Gasteiger partial charge in [0.05, 0.1) is 10.4 Å². The number of thiazole rings is 1. The van der Waals surface area contributed by atoms with Crippen LogP contribution in [0.25, 0.3) is 10.7 Å². The van der Waals surface area contributed by atoms with E-state index >= 15 is 0 Å². The third-order valence-electron chi connectivity index (χ3n) is 1.65. The van der Waals surface area contributed by atoms with Gasteiger partial charge in [-0.2, -0.15) is 0 Å². The number of hydrazine groups is 1. The minimum atomic E-state index is 0.612. The molecule has 0 aliphatic rings. The van der Waals surface area contributed by atoms with Gasteiger partial charge < -0.3 is 5.43 Å². The van der Waals surface area contributed by atoms with Crippen molar-refractivity contribution in [1.82, 2.24) is 15.0 Å². The maximum absolute atomic E-state index is 5.29. The van der Waals surface area contributed by atoms with Crippen LogP contribution in [0.3, 0.4) is 0 Å². The summed E-state index contributed by atoms with van der Waals surface area (Å²) < 4.78 is 0. The fourth-order valence-electron chi connectivity index (χ4n) is 1.08. The van der Waals surface area contributed by atoms with Gasteiger partial charge in [-0.1, -0.05) is 0 Å². The number of nitrogens with one attached hydrogen (secondary N) is 1. The lowest BCUT2D eigenvalue weighted by molar-refractivity contribution is 1.10. The van der Waals surface area contributed by atoms with Crippen molar-refractivity contribution in [2.24, 2.45) is 5.84 Å². The SMILES string of the molecule is Cc1cc(NN)nc(-c2cncs2)n1. The molecule has 72 valence electrons. The largest absolute Gasteiger partial charge is 0.308 e. The van der Waals surface area contributed by atoms with Crippen molar-refractivity contribution >= 4 is 17.2 Å². The van der Waals surface area contributed by atoms with Crippen LogP contribution in [-0.2, 0) is 0 Å². The third kappa shape index (κ3) is 1.70. The van der Waals surface area contributed by atoms with Crippen molar-refractivity contribution in [3.05, 3.63) is 23.5 Å². The molecule has 0 fully saturated rings. The molecule has 2 aromatic heterocycles. The second-order valence-electron chi connectivity index (χ2n) is 2.73. The predicted molar refractivity (Wildman–Crippen MR) is 55.7 cm³/mol. The smallest absolute Gasteiger partial charge is 0.173 e. The van der Waals surface area contributed by atoms with Crippen LogP contribution >= 0.6 is 11.3 Å². The van der Waals surface area contributed by atoms with E-state index in [-0.39, 0.29) is 0 Å². The first-order chi connectivity index (χ1) is 6.79. The van der Waals surface area contributed by atoms with Gasteiger partial charge in [-0.3, -0.25) is 4.98 Å². The van der Waals surface area contributed by atoms with E-state index in [4.69, 9.17) is 5.84 Å². The normalized spacial score (nSPS) is 10.1. The predicted octanol–water partition coefficient (Wildman–Crippen LogP) is 1.19. The molecule has 0 aliphatic carbocycles. The van der Waals surface area contributed by atoms with E-state index in [1.807, 2.05) is 6.92 Å². The molecule has 0 bridgehead atoms. The van der Waals surface area contributed by atoms with E-state index in [1.165, 1.54) is 11.3 Å². The molecule has 0 aromatic carbocycles. The summed E-state index contributed by atoms with van der Waals surface area (Å²) in [4.78, 5) is 13.4. The Balaban J connectivity index is 2.48. The van der Waals surface area contributed by atoms with Crippen molar-refractivity contribution in [2.45, 2.75) is 6.92 Å². The molecule has 0 radical (unpaired) electrons. The van der Waals surface area contributed by atoms with Crippen LogP contribution in [0.4, 0.5) is 5.82 Å². The van der Waals surface area contributed by atoms with Crippen molar-refractivity contribution in [3.8, 4) is 10.7 Å². The first kappa shape index (κ1) is 9.04. The second-order valence-corrected chi connectivity index (χ2v) is 3.61. The zero-order valence-electron chi connectivity index (χ0n) is 7.56. The zero-order valence-corrected chi connectivity index (χ0v) is 8.38. The quantitative estimate of drug-likeness (QED) is 0.571. The van der Waals surface area contributed by atoms with Crippen molar-refractivity contribution in [3.63, 3.8) is 0 Å². The number of anilines is 1. The third-order valence-corrected chi connectivity index (χ3v) is 2.42. The van der Waals surface area contributed by atoms with Crippen molar-refractivity contribution in [2.75, 3.05) is 5.43 Å². The Hall–Kier alpha value is -1.53. The molecule has 0 spiro atoms. The molecule has 0 aliphatic heterocycles. The van der Waals surface area contributed by atoms with E-state index in [9.17, 15) is 0 Å². The fraction of sp³-hybridized carbons (Fsp3) is 0.125. The molecule has 0 unspecified atom stereocenters. The lowest BCUT2D eigenvalue weighted by Gasteiger charge is -2.02. The highest BCUT2D eigenvalue weighted by atomic mass is 32.1. The van der Waals surface area contributed by atoms with E-state index < -0.39 is 0 Å². The van der Waals surface area contributed by atoms with Crippen LogP contribution in [0, 0.1) is 6.92 Å². The summed E-state index contributed by atoms with van der Waals surface area (Å²) in [6.45, 7) is 1.90. The summed E-state index contributed by atoms with van der Waals surface area (Å²) in [5.74, 6) is 6.55. The van der Waals surface area contributed by atoms with Crippen LogP contribution in [0.2, 0.25) is 0 Å². The van der Waals surface area contributed by atoms with E-state index in [0.29, 0.717) is 11.6 Å². The lowest BCUT2D eigenvalue weighted by Crippen LogP contribution is -2.09. The Morgan fingerprint density at radius 1 is 1.43 bits per heavy atom. The molecular formula is C8H9N5S. The Morgan fingerprint density at radius 3 is 2.93 bits per heavy atom. The average Bonchev–Trinajstić information content (AvgIpc) is 2.69. The molecule has 2 aromatic rings. The molecule has 0 saturated carbocycles. The first-order valence-corrected chi connectivity index (χ1v) is 4.89. The van der Waals surface area contributed by atoms with Gasteiger partial charge in [-0.05, 0) is 6.92 Å². The fourth-order valence-corrected chi connectivity index (χ4v) is 1.63. The maximum Gasteiger partial charge on any atom is 0.173 e. The van der Waals surface area contributed by atoms with Crippen LogP contribution in [0.1, 0.15) is 5.69 Å². The molecule has 0 saturated heterocycles. The molecule has 0 atom stereocenters. The molecular weight excluding hydrogens is 198 g/mol. The number of nitrogens with zero attached hydrogens (tertiary/aromatic N) is 3. The Kier molecular flexibility index (Phi) is 2.38. The highest BCUT2D eigenvalue weighted by Crippen LogP contribution is 2.20. The Labute approximate surface area is 85.0 Å². The van der Waals surface area contributed by atoms with Gasteiger partial charge in [0.15, 0.2) is 5.82 Å². The summed E-state index contributed by atoms with van der Waals surface area (Å²) >= 11 is 1.50. The first-order valence-electron chi connectivity index (χ1n) is 4.01. The Morgan fingerprint density at radius 2 is 2.29 bits per heavy atom. The van der Waals surface area contributed by atoms with Crippen LogP contribution < -0.4 is 11.3 Å². The van der Waals surface area contributed by atoms with Gasteiger partial charge in [0.25, 0.3) is 0 Å². The van der Waals surface area contributed by atoms with Gasteiger partial charge in [-0.15, -0.1) is 11.3 Å². The number of nitrogens with two attached hydrogens (primary N) is 1. The number of nitrogen functional groups attached to an aromatic ring is 1. The van der Waals surface area contributed by atoms with Crippen molar-refractivity contribution < 1.29 is 0 Å². The zero-order chi connectivity index (χ0) is 9.97. The topological polar surface area (TPSA) is 76.7 Å². The standard InChI is InChI=1S/C8H9N5S/c1-5-2-7(13-9)12-8(11-5)6-3-10-4-14-6/h2-4H,9H2,1H3,(H,11,12,13). The van der Waals surface area contributed by atoms with Gasteiger partial charge >= 0.3 is 0 Å². The molecule has 5 nitrogen and oxygen atoms in total. The maximum atomic E-state index is 5.29. The summed E-state index contributed by atoms with van der Waals surface area (Å²) in [5, 5.41) is 0. The highest BCUT2D eigenvalue weighted by molar-refractivity contribution is 7.13. The monoisotopic (exact) mass is 207 g/mol. The highest BCUT2D eigenvalue weighted by Gasteiger charge is 2.05. The minimum Gasteiger partial charge on any atom is -0.308 e. The average molecular weight is 207 g/mol. The molecule has 0 amide bonds. The number of aromatic nitrogens is 3. The lowest BCUT2D eigenvalue weighted by atomic mass is 10.4. The molecule has 6 heteroatoms. The van der Waals surface area contributed by atoms with Gasteiger partial charge in [-0.25, -0.2) is 15.8 Å². The van der Waals surface area contributed by atoms with Crippen LogP contribution in [-0.4, -0.2) is 15.0 Å². The number of hydrogen-bond donors (Lipinski definition) is 2. The van der Waals surface area contributed by atoms with Crippen LogP contribution in [0.15, 0.2) is 17.8 Å². The van der Waals surface area contributed by atoms with Gasteiger partial charge in [0.2, 0.25) is 0 Å². The molecule has 3 N–H and O–H groups in total. The van der Waals surface area contributed by atoms with Crippen LogP contribution in [0.5, 0.6) is 0 Å². The number of hydrogen-bond acceptors (Lipinski definition) is 6. The molecule has 2 heterocycles. The van der Waals surface area contributed by atoms with Crippen molar-refractivity contribution in [1.29, 1.82) is 0 Å².